The minimum Gasteiger partial charge on any atom is -0.505 e. The summed E-state index contributed by atoms with van der Waals surface area (Å²) < 4.78 is 5.15. The molecule has 0 spiro atoms. The van der Waals surface area contributed by atoms with Crippen LogP contribution in [0.25, 0.3) is 0 Å². The van der Waals surface area contributed by atoms with Crippen LogP contribution < -0.4 is 4.74 Å². The van der Waals surface area contributed by atoms with Gasteiger partial charge in [0.05, 0.1) is 12.8 Å². The standard InChI is InChI=1S/C21H28N2O2/c1-20(2,3)14-12-17(21(4,5)6)19(24)18(13-14)23-22-15-8-10-16(25-7)11-9-15/h8-13,24H,1-7H3. The maximum atomic E-state index is 10.7. The van der Waals surface area contributed by atoms with Crippen molar-refractivity contribution in [3.05, 3.63) is 47.5 Å². The van der Waals surface area contributed by atoms with Crippen LogP contribution in [-0.2, 0) is 10.8 Å². The zero-order valence-corrected chi connectivity index (χ0v) is 16.2. The van der Waals surface area contributed by atoms with Crippen LogP contribution in [0.4, 0.5) is 11.4 Å². The van der Waals surface area contributed by atoms with Crippen molar-refractivity contribution in [2.45, 2.75) is 52.4 Å². The highest BCUT2D eigenvalue weighted by atomic mass is 16.5. The van der Waals surface area contributed by atoms with E-state index in [0.717, 1.165) is 16.9 Å². The summed E-state index contributed by atoms with van der Waals surface area (Å²) >= 11 is 0. The van der Waals surface area contributed by atoms with Crippen molar-refractivity contribution in [3.8, 4) is 11.5 Å². The van der Waals surface area contributed by atoms with E-state index in [9.17, 15) is 5.11 Å². The Hall–Kier alpha value is -2.36. The average molecular weight is 340 g/mol. The Bertz CT molecular complexity index is 764. The summed E-state index contributed by atoms with van der Waals surface area (Å²) in [4.78, 5) is 0. The molecule has 0 bridgehead atoms. The van der Waals surface area contributed by atoms with Gasteiger partial charge in [0.15, 0.2) is 0 Å². The van der Waals surface area contributed by atoms with Gasteiger partial charge in [-0.3, -0.25) is 0 Å². The van der Waals surface area contributed by atoms with Gasteiger partial charge in [0.1, 0.15) is 17.2 Å². The molecule has 2 aromatic carbocycles. The lowest BCUT2D eigenvalue weighted by atomic mass is 9.80. The number of hydrogen-bond acceptors (Lipinski definition) is 4. The van der Waals surface area contributed by atoms with E-state index in [2.05, 4.69) is 57.8 Å². The van der Waals surface area contributed by atoms with Gasteiger partial charge >= 0.3 is 0 Å². The number of aromatic hydroxyl groups is 1. The van der Waals surface area contributed by atoms with Gasteiger partial charge in [-0.25, -0.2) is 0 Å². The molecule has 0 unspecified atom stereocenters. The van der Waals surface area contributed by atoms with Crippen molar-refractivity contribution < 1.29 is 9.84 Å². The zero-order valence-electron chi connectivity index (χ0n) is 16.2. The topological polar surface area (TPSA) is 54.2 Å². The van der Waals surface area contributed by atoms with Gasteiger partial charge in [-0.2, -0.15) is 5.11 Å². The predicted molar refractivity (Wildman–Crippen MR) is 103 cm³/mol. The first-order valence-corrected chi connectivity index (χ1v) is 8.46. The molecule has 0 amide bonds. The molecule has 0 fully saturated rings. The summed E-state index contributed by atoms with van der Waals surface area (Å²) in [5, 5.41) is 19.3. The molecule has 1 N–H and O–H groups in total. The molecule has 0 aromatic heterocycles. The maximum Gasteiger partial charge on any atom is 0.146 e. The molecule has 4 heteroatoms. The van der Waals surface area contributed by atoms with Crippen molar-refractivity contribution in [1.82, 2.24) is 0 Å². The second-order valence-corrected chi connectivity index (χ2v) is 8.29. The molecule has 2 aromatic rings. The first-order valence-electron chi connectivity index (χ1n) is 8.46. The van der Waals surface area contributed by atoms with E-state index in [1.807, 2.05) is 30.3 Å². The predicted octanol–water partition coefficient (Wildman–Crippen LogP) is 6.41. The summed E-state index contributed by atoms with van der Waals surface area (Å²) in [6.07, 6.45) is 0. The Kier molecular flexibility index (Phi) is 5.21. The summed E-state index contributed by atoms with van der Waals surface area (Å²) in [5.74, 6) is 0.962. The number of nitrogens with zero attached hydrogens (tertiary/aromatic N) is 2. The molecule has 0 saturated heterocycles. The summed E-state index contributed by atoms with van der Waals surface area (Å²) in [5.41, 5.74) is 2.97. The number of rotatable bonds is 3. The van der Waals surface area contributed by atoms with E-state index >= 15 is 0 Å². The second-order valence-electron chi connectivity index (χ2n) is 8.29. The fourth-order valence-electron chi connectivity index (χ4n) is 2.46. The van der Waals surface area contributed by atoms with E-state index < -0.39 is 0 Å². The van der Waals surface area contributed by atoms with E-state index in [1.165, 1.54) is 0 Å². The second kappa shape index (κ2) is 6.87. The summed E-state index contributed by atoms with van der Waals surface area (Å²) in [6, 6.07) is 11.3. The van der Waals surface area contributed by atoms with Gasteiger partial charge in [0, 0.05) is 5.56 Å². The smallest absolute Gasteiger partial charge is 0.146 e. The van der Waals surface area contributed by atoms with Gasteiger partial charge < -0.3 is 9.84 Å². The normalized spacial score (nSPS) is 12.6. The Morgan fingerprint density at radius 1 is 0.840 bits per heavy atom. The van der Waals surface area contributed by atoms with Crippen LogP contribution in [0.3, 0.4) is 0 Å². The van der Waals surface area contributed by atoms with Crippen LogP contribution in [-0.4, -0.2) is 12.2 Å². The van der Waals surface area contributed by atoms with Crippen LogP contribution in [0.5, 0.6) is 11.5 Å². The molecule has 0 heterocycles. The lowest BCUT2D eigenvalue weighted by molar-refractivity contribution is 0.415. The zero-order chi connectivity index (χ0) is 18.8. The molecule has 0 radical (unpaired) electrons. The Morgan fingerprint density at radius 3 is 1.92 bits per heavy atom. The third-order valence-electron chi connectivity index (χ3n) is 4.11. The van der Waals surface area contributed by atoms with E-state index in [1.54, 1.807) is 7.11 Å². The monoisotopic (exact) mass is 340 g/mol. The molecule has 0 aliphatic carbocycles. The highest BCUT2D eigenvalue weighted by Gasteiger charge is 2.25. The Labute approximate surface area is 150 Å². The van der Waals surface area contributed by atoms with E-state index in [4.69, 9.17) is 4.74 Å². The fraction of sp³-hybridized carbons (Fsp3) is 0.429. The van der Waals surface area contributed by atoms with Gasteiger partial charge in [-0.1, -0.05) is 47.6 Å². The Morgan fingerprint density at radius 2 is 1.44 bits per heavy atom. The molecule has 25 heavy (non-hydrogen) atoms. The first kappa shape index (κ1) is 19.0. The number of benzene rings is 2. The Balaban J connectivity index is 2.49. The minimum atomic E-state index is -0.185. The largest absolute Gasteiger partial charge is 0.505 e. The maximum absolute atomic E-state index is 10.7. The lowest BCUT2D eigenvalue weighted by Gasteiger charge is -2.26. The molecule has 2 rings (SSSR count). The molecule has 0 saturated carbocycles. The van der Waals surface area contributed by atoms with Crippen molar-refractivity contribution in [2.24, 2.45) is 10.2 Å². The number of phenols is 1. The van der Waals surface area contributed by atoms with Crippen LogP contribution in [0.15, 0.2) is 46.6 Å². The first-order chi connectivity index (χ1) is 11.5. The molecule has 4 nitrogen and oxygen atoms in total. The average Bonchev–Trinajstić information content (AvgIpc) is 2.52. The van der Waals surface area contributed by atoms with Crippen molar-refractivity contribution in [1.29, 1.82) is 0 Å². The van der Waals surface area contributed by atoms with E-state index in [0.29, 0.717) is 11.4 Å². The molecule has 134 valence electrons. The fourth-order valence-corrected chi connectivity index (χ4v) is 2.46. The van der Waals surface area contributed by atoms with Crippen LogP contribution in [0.2, 0.25) is 0 Å². The molecule has 0 aliphatic heterocycles. The highest BCUT2D eigenvalue weighted by Crippen LogP contribution is 2.42. The van der Waals surface area contributed by atoms with Crippen LogP contribution >= 0.6 is 0 Å². The molecule has 0 aliphatic rings. The summed E-state index contributed by atoms with van der Waals surface area (Å²) in [7, 11) is 1.63. The van der Waals surface area contributed by atoms with Gasteiger partial charge in [0.2, 0.25) is 0 Å². The third kappa shape index (κ3) is 4.59. The van der Waals surface area contributed by atoms with Crippen molar-refractivity contribution in [3.63, 3.8) is 0 Å². The SMILES string of the molecule is COc1ccc(N=Nc2cc(C(C)(C)C)cc(C(C)(C)C)c2O)cc1. The van der Waals surface area contributed by atoms with Crippen LogP contribution in [0, 0.1) is 0 Å². The lowest BCUT2D eigenvalue weighted by Crippen LogP contribution is -2.16. The van der Waals surface area contributed by atoms with Crippen molar-refractivity contribution >= 4 is 11.4 Å². The highest BCUT2D eigenvalue weighted by molar-refractivity contribution is 5.60. The van der Waals surface area contributed by atoms with Crippen molar-refractivity contribution in [2.75, 3.05) is 7.11 Å². The molecular weight excluding hydrogens is 312 g/mol. The minimum absolute atomic E-state index is 0.0436. The number of azo groups is 1. The molecular formula is C21H28N2O2. The quantitative estimate of drug-likeness (QED) is 0.656. The summed E-state index contributed by atoms with van der Waals surface area (Å²) in [6.45, 7) is 12.7. The van der Waals surface area contributed by atoms with Gasteiger partial charge in [-0.05, 0) is 46.7 Å². The van der Waals surface area contributed by atoms with Gasteiger partial charge in [-0.15, -0.1) is 5.11 Å². The van der Waals surface area contributed by atoms with E-state index in [-0.39, 0.29) is 16.6 Å². The number of methoxy groups -OCH3 is 1. The number of ether oxygens (including phenoxy) is 1. The third-order valence-corrected chi connectivity index (χ3v) is 4.11. The number of phenolic OH excluding ortho intramolecular Hbond substituents is 1. The van der Waals surface area contributed by atoms with Gasteiger partial charge in [0.25, 0.3) is 0 Å². The number of hydrogen-bond donors (Lipinski definition) is 1. The molecule has 0 atom stereocenters. The van der Waals surface area contributed by atoms with Crippen LogP contribution in [0.1, 0.15) is 52.7 Å².